The number of hydrogen-bond donors (Lipinski definition) is 1. The van der Waals surface area contributed by atoms with E-state index >= 15 is 0 Å². The van der Waals surface area contributed by atoms with E-state index in [1.807, 2.05) is 12.3 Å². The molecular weight excluding hydrogens is 234 g/mol. The molecule has 0 saturated carbocycles. The van der Waals surface area contributed by atoms with Crippen molar-refractivity contribution in [3.8, 4) is 0 Å². The van der Waals surface area contributed by atoms with Crippen LogP contribution in [0.1, 0.15) is 51.8 Å². The van der Waals surface area contributed by atoms with Gasteiger partial charge in [0.2, 0.25) is 0 Å². The topological polar surface area (TPSA) is 42.1 Å². The molecule has 19 heavy (non-hydrogen) atoms. The van der Waals surface area contributed by atoms with Crippen LogP contribution >= 0.6 is 0 Å². The number of pyridine rings is 1. The lowest BCUT2D eigenvalue weighted by molar-refractivity contribution is 0.122. The van der Waals surface area contributed by atoms with E-state index in [1.54, 1.807) is 0 Å². The van der Waals surface area contributed by atoms with Gasteiger partial charge in [0.15, 0.2) is 0 Å². The average molecular weight is 261 g/mol. The van der Waals surface area contributed by atoms with Gasteiger partial charge in [-0.25, -0.2) is 0 Å². The third-order valence-corrected chi connectivity index (χ3v) is 4.34. The molecular formula is C16H27N3. The molecule has 2 rings (SSSR count). The zero-order chi connectivity index (χ0) is 13.8. The SMILES string of the molecule is CCC(N)C(c1ccccn1)N1CCCC1C(C)C. The zero-order valence-corrected chi connectivity index (χ0v) is 12.4. The van der Waals surface area contributed by atoms with Crippen molar-refractivity contribution in [3.05, 3.63) is 30.1 Å². The van der Waals surface area contributed by atoms with E-state index in [1.165, 1.54) is 12.8 Å². The first-order chi connectivity index (χ1) is 9.15. The molecule has 2 heterocycles. The molecule has 1 saturated heterocycles. The summed E-state index contributed by atoms with van der Waals surface area (Å²) in [6.07, 6.45) is 5.44. The van der Waals surface area contributed by atoms with Gasteiger partial charge >= 0.3 is 0 Å². The normalized spacial score (nSPS) is 23.7. The van der Waals surface area contributed by atoms with Crippen LogP contribution in [0, 0.1) is 5.92 Å². The lowest BCUT2D eigenvalue weighted by Crippen LogP contribution is -2.45. The van der Waals surface area contributed by atoms with E-state index in [9.17, 15) is 0 Å². The van der Waals surface area contributed by atoms with Gasteiger partial charge in [0.25, 0.3) is 0 Å². The summed E-state index contributed by atoms with van der Waals surface area (Å²) in [6, 6.07) is 7.23. The molecule has 0 aliphatic carbocycles. The Balaban J connectivity index is 2.28. The van der Waals surface area contributed by atoms with Crippen molar-refractivity contribution in [1.82, 2.24) is 9.88 Å². The fourth-order valence-corrected chi connectivity index (χ4v) is 3.29. The van der Waals surface area contributed by atoms with E-state index < -0.39 is 0 Å². The van der Waals surface area contributed by atoms with Crippen molar-refractivity contribution in [2.75, 3.05) is 6.54 Å². The molecule has 0 aromatic carbocycles. The summed E-state index contributed by atoms with van der Waals surface area (Å²) < 4.78 is 0. The van der Waals surface area contributed by atoms with Crippen molar-refractivity contribution in [2.45, 2.75) is 58.2 Å². The van der Waals surface area contributed by atoms with Gasteiger partial charge < -0.3 is 5.73 Å². The summed E-state index contributed by atoms with van der Waals surface area (Å²) in [5.74, 6) is 0.678. The number of aromatic nitrogens is 1. The van der Waals surface area contributed by atoms with E-state index in [0.29, 0.717) is 12.0 Å². The molecule has 1 aliphatic rings. The smallest absolute Gasteiger partial charge is 0.0676 e. The Kier molecular flexibility index (Phi) is 4.94. The Morgan fingerprint density at radius 1 is 1.42 bits per heavy atom. The zero-order valence-electron chi connectivity index (χ0n) is 12.4. The molecule has 0 bridgehead atoms. The summed E-state index contributed by atoms with van der Waals surface area (Å²) in [5, 5.41) is 0. The van der Waals surface area contributed by atoms with Gasteiger partial charge in [-0.1, -0.05) is 26.8 Å². The van der Waals surface area contributed by atoms with Gasteiger partial charge in [0.1, 0.15) is 0 Å². The third-order valence-electron chi connectivity index (χ3n) is 4.34. The van der Waals surface area contributed by atoms with E-state index in [0.717, 1.165) is 18.7 Å². The Morgan fingerprint density at radius 3 is 2.79 bits per heavy atom. The second-order valence-electron chi connectivity index (χ2n) is 5.96. The van der Waals surface area contributed by atoms with E-state index in [2.05, 4.69) is 42.8 Å². The second-order valence-corrected chi connectivity index (χ2v) is 5.96. The average Bonchev–Trinajstić information content (AvgIpc) is 2.89. The largest absolute Gasteiger partial charge is 0.326 e. The van der Waals surface area contributed by atoms with Gasteiger partial charge in [-0.3, -0.25) is 9.88 Å². The van der Waals surface area contributed by atoms with Crippen molar-refractivity contribution in [1.29, 1.82) is 0 Å². The van der Waals surface area contributed by atoms with Gasteiger partial charge in [0, 0.05) is 18.3 Å². The minimum Gasteiger partial charge on any atom is -0.326 e. The van der Waals surface area contributed by atoms with Crippen LogP contribution in [0.3, 0.4) is 0 Å². The summed E-state index contributed by atoms with van der Waals surface area (Å²) in [4.78, 5) is 7.16. The predicted molar refractivity (Wildman–Crippen MR) is 79.8 cm³/mol. The number of rotatable bonds is 5. The maximum absolute atomic E-state index is 6.41. The molecule has 3 unspecified atom stereocenters. The van der Waals surface area contributed by atoms with Crippen LogP contribution in [0.15, 0.2) is 24.4 Å². The summed E-state index contributed by atoms with van der Waals surface area (Å²) in [5.41, 5.74) is 7.54. The van der Waals surface area contributed by atoms with Gasteiger partial charge in [-0.15, -0.1) is 0 Å². The van der Waals surface area contributed by atoms with Crippen molar-refractivity contribution in [3.63, 3.8) is 0 Å². The molecule has 106 valence electrons. The third kappa shape index (κ3) is 3.15. The monoisotopic (exact) mass is 261 g/mol. The van der Waals surface area contributed by atoms with Crippen molar-refractivity contribution < 1.29 is 0 Å². The summed E-state index contributed by atoms with van der Waals surface area (Å²) in [6.45, 7) is 7.95. The van der Waals surface area contributed by atoms with Crippen LogP contribution < -0.4 is 5.73 Å². The molecule has 0 spiro atoms. The van der Waals surface area contributed by atoms with Crippen LogP contribution in [0.25, 0.3) is 0 Å². The second kappa shape index (κ2) is 6.49. The van der Waals surface area contributed by atoms with Crippen LogP contribution in [0.2, 0.25) is 0 Å². The minimum absolute atomic E-state index is 0.161. The molecule has 3 heteroatoms. The first kappa shape index (κ1) is 14.5. The first-order valence-electron chi connectivity index (χ1n) is 7.57. The van der Waals surface area contributed by atoms with Gasteiger partial charge in [0.05, 0.1) is 11.7 Å². The van der Waals surface area contributed by atoms with Crippen molar-refractivity contribution >= 4 is 0 Å². The Morgan fingerprint density at radius 2 is 2.21 bits per heavy atom. The van der Waals surface area contributed by atoms with Gasteiger partial charge in [-0.2, -0.15) is 0 Å². The van der Waals surface area contributed by atoms with E-state index in [4.69, 9.17) is 5.73 Å². The molecule has 0 amide bonds. The Bertz CT molecular complexity index is 377. The minimum atomic E-state index is 0.161. The summed E-state index contributed by atoms with van der Waals surface area (Å²) in [7, 11) is 0. The number of hydrogen-bond acceptors (Lipinski definition) is 3. The lowest BCUT2D eigenvalue weighted by atomic mass is 9.96. The highest BCUT2D eigenvalue weighted by Crippen LogP contribution is 2.34. The highest BCUT2D eigenvalue weighted by Gasteiger charge is 2.36. The van der Waals surface area contributed by atoms with Gasteiger partial charge in [-0.05, 0) is 43.9 Å². The van der Waals surface area contributed by atoms with Crippen LogP contribution in [-0.2, 0) is 0 Å². The van der Waals surface area contributed by atoms with Crippen LogP contribution in [0.4, 0.5) is 0 Å². The number of likely N-dealkylation sites (tertiary alicyclic amines) is 1. The molecule has 1 fully saturated rings. The predicted octanol–water partition coefficient (Wildman–Crippen LogP) is 2.98. The standard InChI is InChI=1S/C16H27N3/c1-4-13(17)16(14-8-5-6-10-18-14)19-11-7-9-15(19)12(2)3/h5-6,8,10,12-13,15-16H,4,7,9,11,17H2,1-3H3. The Hall–Kier alpha value is -0.930. The molecule has 2 N–H and O–H groups in total. The maximum Gasteiger partial charge on any atom is 0.0676 e. The number of nitrogens with zero attached hydrogens (tertiary/aromatic N) is 2. The lowest BCUT2D eigenvalue weighted by Gasteiger charge is -2.37. The molecule has 0 radical (unpaired) electrons. The fourth-order valence-electron chi connectivity index (χ4n) is 3.29. The Labute approximate surface area is 117 Å². The highest BCUT2D eigenvalue weighted by molar-refractivity contribution is 5.13. The first-order valence-corrected chi connectivity index (χ1v) is 7.57. The van der Waals surface area contributed by atoms with Crippen LogP contribution in [-0.4, -0.2) is 28.5 Å². The number of nitrogens with two attached hydrogens (primary N) is 1. The van der Waals surface area contributed by atoms with Crippen molar-refractivity contribution in [2.24, 2.45) is 11.7 Å². The maximum atomic E-state index is 6.41. The molecule has 3 nitrogen and oxygen atoms in total. The fraction of sp³-hybridized carbons (Fsp3) is 0.688. The molecule has 1 aliphatic heterocycles. The quantitative estimate of drug-likeness (QED) is 0.886. The highest BCUT2D eigenvalue weighted by atomic mass is 15.2. The molecule has 1 aromatic rings. The summed E-state index contributed by atoms with van der Waals surface area (Å²) >= 11 is 0. The molecule has 3 atom stereocenters. The van der Waals surface area contributed by atoms with Crippen LogP contribution in [0.5, 0.6) is 0 Å². The molecule has 1 aromatic heterocycles. The van der Waals surface area contributed by atoms with E-state index in [-0.39, 0.29) is 12.1 Å².